The van der Waals surface area contributed by atoms with Crippen LogP contribution in [0.15, 0.2) is 0 Å². The zero-order valence-electron chi connectivity index (χ0n) is 44.8. The summed E-state index contributed by atoms with van der Waals surface area (Å²) in [5.41, 5.74) is 0. The first-order chi connectivity index (χ1) is 33.8. The van der Waals surface area contributed by atoms with Crippen LogP contribution in [0.2, 0.25) is 0 Å². The molecule has 0 aromatic heterocycles. The topological polar surface area (TPSA) is 181 Å². The van der Waals surface area contributed by atoms with E-state index in [0.717, 1.165) is 140 Å². The molecule has 1 atom stereocenters. The van der Waals surface area contributed by atoms with Crippen LogP contribution in [0.1, 0.15) is 214 Å². The molecule has 0 radical (unpaired) electrons. The third-order valence-corrected chi connectivity index (χ3v) is 12.7. The molecule has 0 aromatic carbocycles. The van der Waals surface area contributed by atoms with Crippen molar-refractivity contribution in [1.82, 2.24) is 9.80 Å². The molecule has 0 rings (SSSR count). The molecule has 0 aliphatic carbocycles. The molecule has 0 aliphatic rings. The van der Waals surface area contributed by atoms with Crippen LogP contribution in [0.4, 0.5) is 4.79 Å². The highest BCUT2D eigenvalue weighted by atomic mass is 32.2. The van der Waals surface area contributed by atoms with Crippen molar-refractivity contribution in [3.8, 4) is 0 Å². The molecule has 0 fully saturated rings. The van der Waals surface area contributed by atoms with Crippen molar-refractivity contribution < 1.29 is 62.0 Å². The van der Waals surface area contributed by atoms with Crippen LogP contribution < -0.4 is 0 Å². The van der Waals surface area contributed by atoms with E-state index in [1.54, 1.807) is 0 Å². The molecule has 0 bridgehead atoms. The maximum Gasteiger partial charge on any atom is 0.307 e. The molecule has 15 nitrogen and oxygen atoms in total. The Hall–Kier alpha value is -3.40. The Morgan fingerprint density at radius 3 is 0.886 bits per heavy atom. The molecule has 0 aliphatic heterocycles. The Bertz CT molecular complexity index is 1330. The molecular formula is C54H98N2O13S. The van der Waals surface area contributed by atoms with Crippen molar-refractivity contribution in [2.45, 2.75) is 214 Å². The highest BCUT2D eigenvalue weighted by Crippen LogP contribution is 2.16. The Labute approximate surface area is 428 Å². The second-order valence-corrected chi connectivity index (χ2v) is 20.0. The molecule has 0 aromatic rings. The van der Waals surface area contributed by atoms with Crippen LogP contribution in [0.25, 0.3) is 0 Å². The minimum Gasteiger partial charge on any atom is -0.465 e. The van der Waals surface area contributed by atoms with Gasteiger partial charge < -0.3 is 38.2 Å². The normalized spacial score (nSPS) is 11.6. The first-order valence-electron chi connectivity index (χ1n) is 27.3. The number of unbranched alkanes of at least 4 members (excludes halogenated alkanes) is 18. The van der Waals surface area contributed by atoms with Gasteiger partial charge in [0.25, 0.3) is 5.24 Å². The van der Waals surface area contributed by atoms with Crippen molar-refractivity contribution in [2.75, 3.05) is 79.1 Å². The van der Waals surface area contributed by atoms with Crippen molar-refractivity contribution in [3.05, 3.63) is 0 Å². The Kier molecular flexibility index (Phi) is 45.6. The summed E-state index contributed by atoms with van der Waals surface area (Å²) in [6, 6.07) is 0. The van der Waals surface area contributed by atoms with Gasteiger partial charge >= 0.3 is 35.8 Å². The second kappa shape index (κ2) is 47.9. The summed E-state index contributed by atoms with van der Waals surface area (Å²) in [5.74, 6) is -3.24. The molecule has 0 N–H and O–H groups in total. The van der Waals surface area contributed by atoms with E-state index in [-0.39, 0.29) is 120 Å². The monoisotopic (exact) mass is 1010 g/mol. The molecule has 0 spiro atoms. The lowest BCUT2D eigenvalue weighted by Gasteiger charge is -2.23. The van der Waals surface area contributed by atoms with Gasteiger partial charge in [-0.1, -0.05) is 155 Å². The van der Waals surface area contributed by atoms with E-state index in [4.69, 9.17) is 28.4 Å². The van der Waals surface area contributed by atoms with Crippen molar-refractivity contribution in [1.29, 1.82) is 0 Å². The molecule has 1 unspecified atom stereocenters. The first-order valence-corrected chi connectivity index (χ1v) is 28.3. The molecule has 408 valence electrons. The molecule has 0 saturated carbocycles. The number of rotatable bonds is 48. The van der Waals surface area contributed by atoms with E-state index < -0.39 is 23.8 Å². The third-order valence-electron chi connectivity index (χ3n) is 11.7. The number of thioether (sulfide) groups is 1. The smallest absolute Gasteiger partial charge is 0.307 e. The van der Waals surface area contributed by atoms with Gasteiger partial charge in [-0.15, -0.1) is 0 Å². The SMILES string of the molecule is CCCCCCCCC(=O)OCC(COC(=O)CCCCCC)COC(=O)CCN(CCC(=O)OCC(COC(=O)CCCCCCCC)COC(=O)CCCCCCCC)C(=O)SCCCN(C)C. The number of carbonyl (C=O) groups excluding carboxylic acids is 7. The van der Waals surface area contributed by atoms with E-state index in [1.807, 2.05) is 19.0 Å². The molecule has 70 heavy (non-hydrogen) atoms. The van der Waals surface area contributed by atoms with E-state index >= 15 is 0 Å². The number of esters is 6. The summed E-state index contributed by atoms with van der Waals surface area (Å²) < 4.78 is 33.3. The average Bonchev–Trinajstić information content (AvgIpc) is 3.34. The predicted molar refractivity (Wildman–Crippen MR) is 277 cm³/mol. The average molecular weight is 1020 g/mol. The van der Waals surface area contributed by atoms with Gasteiger partial charge in [0.2, 0.25) is 0 Å². The summed E-state index contributed by atoms with van der Waals surface area (Å²) in [6.07, 6.45) is 23.8. The minimum absolute atomic E-state index is 0.0256. The van der Waals surface area contributed by atoms with E-state index in [0.29, 0.717) is 12.2 Å². The largest absolute Gasteiger partial charge is 0.465 e. The van der Waals surface area contributed by atoms with Crippen molar-refractivity contribution in [2.24, 2.45) is 11.8 Å². The molecule has 0 saturated heterocycles. The minimum atomic E-state index is -0.604. The Morgan fingerprint density at radius 1 is 0.343 bits per heavy atom. The number of nitrogens with zero attached hydrogens (tertiary/aromatic N) is 2. The van der Waals surface area contributed by atoms with Gasteiger partial charge in [-0.25, -0.2) is 0 Å². The van der Waals surface area contributed by atoms with E-state index in [9.17, 15) is 33.6 Å². The summed E-state index contributed by atoms with van der Waals surface area (Å²) in [6.45, 7) is 8.67. The Balaban J connectivity index is 5.55. The van der Waals surface area contributed by atoms with Gasteiger partial charge in [0.05, 0.1) is 24.7 Å². The highest BCUT2D eigenvalue weighted by molar-refractivity contribution is 8.13. The van der Waals surface area contributed by atoms with Gasteiger partial charge in [0.1, 0.15) is 39.6 Å². The Morgan fingerprint density at radius 2 is 0.600 bits per heavy atom. The first kappa shape index (κ1) is 66.6. The van der Waals surface area contributed by atoms with Crippen LogP contribution in [-0.2, 0) is 57.2 Å². The fourth-order valence-corrected chi connectivity index (χ4v) is 8.02. The molecule has 0 heterocycles. The van der Waals surface area contributed by atoms with Gasteiger partial charge in [0.15, 0.2) is 0 Å². The van der Waals surface area contributed by atoms with Gasteiger partial charge in [-0.05, 0) is 52.7 Å². The summed E-state index contributed by atoms with van der Waals surface area (Å²) in [4.78, 5) is 93.4. The van der Waals surface area contributed by atoms with Crippen LogP contribution >= 0.6 is 11.8 Å². The predicted octanol–water partition coefficient (Wildman–Crippen LogP) is 11.6. The lowest BCUT2D eigenvalue weighted by Crippen LogP contribution is -2.34. The summed E-state index contributed by atoms with van der Waals surface area (Å²) >= 11 is 1.10. The number of hydrogen-bond acceptors (Lipinski definition) is 15. The molecule has 1 amide bonds. The quantitative estimate of drug-likeness (QED) is 0.0319. The second-order valence-electron chi connectivity index (χ2n) is 19.0. The fourth-order valence-electron chi connectivity index (χ4n) is 7.21. The van der Waals surface area contributed by atoms with Crippen LogP contribution in [0, 0.1) is 11.8 Å². The summed E-state index contributed by atoms with van der Waals surface area (Å²) in [7, 11) is 3.90. The number of amides is 1. The van der Waals surface area contributed by atoms with Crippen LogP contribution in [0.5, 0.6) is 0 Å². The zero-order chi connectivity index (χ0) is 51.9. The highest BCUT2D eigenvalue weighted by Gasteiger charge is 2.23. The third kappa shape index (κ3) is 43.4. The van der Waals surface area contributed by atoms with Gasteiger partial charge in [-0.3, -0.25) is 33.6 Å². The number of carbonyl (C=O) groups is 7. The van der Waals surface area contributed by atoms with Gasteiger partial charge in [-0.2, -0.15) is 0 Å². The maximum atomic E-state index is 13.5. The standard InChI is InChI=1S/C54H98N2O13S/c1-7-11-15-19-22-26-31-49(58)65-41-46(40-64-48(57)30-25-18-14-10-4)44-68-52(61)34-37-56(54(63)70-39-29-36-55(5)6)38-35-53(62)69-45-47(42-66-50(59)32-27-23-20-16-12-8-2)43-67-51(60)33-28-24-21-17-13-9-3/h46-47H,7-45H2,1-6H3. The van der Waals surface area contributed by atoms with Crippen LogP contribution in [-0.4, -0.2) is 130 Å². The molecular weight excluding hydrogens is 917 g/mol. The van der Waals surface area contributed by atoms with E-state index in [2.05, 4.69) is 27.7 Å². The van der Waals surface area contributed by atoms with Crippen molar-refractivity contribution in [3.63, 3.8) is 0 Å². The fraction of sp³-hybridized carbons (Fsp3) is 0.870. The maximum absolute atomic E-state index is 13.5. The van der Waals surface area contributed by atoms with Gasteiger partial charge in [0, 0.05) is 44.5 Å². The summed E-state index contributed by atoms with van der Waals surface area (Å²) in [5, 5.41) is -0.298. The zero-order valence-corrected chi connectivity index (χ0v) is 45.7. The number of hydrogen-bond donors (Lipinski definition) is 0. The van der Waals surface area contributed by atoms with E-state index in [1.165, 1.54) is 24.2 Å². The van der Waals surface area contributed by atoms with Crippen molar-refractivity contribution >= 4 is 52.8 Å². The lowest BCUT2D eigenvalue weighted by molar-refractivity contribution is -0.156. The lowest BCUT2D eigenvalue weighted by atomic mass is 10.1. The van der Waals surface area contributed by atoms with Crippen LogP contribution in [0.3, 0.4) is 0 Å². The molecule has 16 heteroatoms. The number of ether oxygens (including phenoxy) is 6.